The van der Waals surface area contributed by atoms with Crippen LogP contribution in [0.25, 0.3) is 0 Å². The van der Waals surface area contributed by atoms with Gasteiger partial charge in [-0.2, -0.15) is 4.72 Å². The molecule has 3 atom stereocenters. The molecule has 7 N–H and O–H groups in total. The first-order chi connectivity index (χ1) is 17.7. The molecule has 0 fully saturated rings. The first-order valence-electron chi connectivity index (χ1n) is 12.6. The number of carbonyl (C=O) groups excluding carboxylic acids is 1. The largest absolute Gasteiger partial charge is 0.394 e. The number of amides is 1. The van der Waals surface area contributed by atoms with Gasteiger partial charge in [0.05, 0.1) is 18.3 Å². The summed E-state index contributed by atoms with van der Waals surface area (Å²) in [6.07, 6.45) is 1.87. The number of aliphatic hydroxyl groups excluding tert-OH is 1. The third-order valence-electron chi connectivity index (χ3n) is 6.99. The number of benzene rings is 2. The Labute approximate surface area is 218 Å². The van der Waals surface area contributed by atoms with Crippen molar-refractivity contribution in [1.29, 1.82) is 0 Å². The summed E-state index contributed by atoms with van der Waals surface area (Å²) in [4.78, 5) is 19.5. The third kappa shape index (κ3) is 6.23. The van der Waals surface area contributed by atoms with Gasteiger partial charge in [-0.3, -0.25) is 9.79 Å². The van der Waals surface area contributed by atoms with Gasteiger partial charge in [0.25, 0.3) is 0 Å². The molecule has 0 aliphatic carbocycles. The van der Waals surface area contributed by atoms with Crippen molar-refractivity contribution in [1.82, 2.24) is 9.62 Å². The van der Waals surface area contributed by atoms with Gasteiger partial charge in [-0.1, -0.05) is 43.3 Å². The average molecular weight is 529 g/mol. The maximum Gasteiger partial charge on any atom is 0.243 e. The molecule has 10 nitrogen and oxygen atoms in total. The zero-order valence-corrected chi connectivity index (χ0v) is 21.9. The van der Waals surface area contributed by atoms with Gasteiger partial charge in [-0.15, -0.1) is 0 Å². The van der Waals surface area contributed by atoms with E-state index in [-0.39, 0.29) is 36.3 Å². The third-order valence-corrected chi connectivity index (χ3v) is 8.50. The quantitative estimate of drug-likeness (QED) is 0.184. The van der Waals surface area contributed by atoms with E-state index in [2.05, 4.69) is 22.0 Å². The van der Waals surface area contributed by atoms with E-state index in [0.29, 0.717) is 37.5 Å². The highest BCUT2D eigenvalue weighted by Gasteiger charge is 2.36. The van der Waals surface area contributed by atoms with Gasteiger partial charge in [0.1, 0.15) is 10.9 Å². The minimum absolute atomic E-state index is 0.0624. The zero-order chi connectivity index (χ0) is 26.6. The molecular weight excluding hydrogens is 492 g/mol. The van der Waals surface area contributed by atoms with Crippen LogP contribution in [0.5, 0.6) is 0 Å². The molecule has 0 saturated heterocycles. The number of rotatable bonds is 9. The summed E-state index contributed by atoms with van der Waals surface area (Å²) in [5, 5.41) is 13.3. The Hall–Kier alpha value is -3.15. The maximum atomic E-state index is 13.8. The van der Waals surface area contributed by atoms with Gasteiger partial charge in [-0.25, -0.2) is 8.42 Å². The molecule has 200 valence electrons. The number of aliphatic hydroxyl groups is 1. The maximum absolute atomic E-state index is 13.8. The zero-order valence-electron chi connectivity index (χ0n) is 21.1. The van der Waals surface area contributed by atoms with Crippen molar-refractivity contribution in [3.63, 3.8) is 0 Å². The normalized spacial score (nSPS) is 19.8. The lowest BCUT2D eigenvalue weighted by Gasteiger charge is -2.38. The second-order valence-electron chi connectivity index (χ2n) is 9.88. The highest BCUT2D eigenvalue weighted by molar-refractivity contribution is 7.89. The molecule has 2 aromatic carbocycles. The van der Waals surface area contributed by atoms with E-state index in [9.17, 15) is 18.3 Å². The molecule has 4 rings (SSSR count). The molecule has 2 heterocycles. The number of nitrogens with zero attached hydrogens (tertiary/aromatic N) is 2. The SMILES string of the molecule is CC1CNc2c(cccc2S(=O)(=O)NC(CCCN=C(N)N)C(=O)N2Cc3ccccc3CC2CO)C1. The lowest BCUT2D eigenvalue weighted by Crippen LogP contribution is -2.54. The van der Waals surface area contributed by atoms with E-state index < -0.39 is 22.1 Å². The van der Waals surface area contributed by atoms with E-state index in [1.165, 1.54) is 0 Å². The van der Waals surface area contributed by atoms with Crippen molar-refractivity contribution in [2.45, 2.75) is 56.1 Å². The highest BCUT2D eigenvalue weighted by atomic mass is 32.2. The number of hydrogen-bond acceptors (Lipinski definition) is 6. The molecule has 0 aromatic heterocycles. The molecule has 0 bridgehead atoms. The molecule has 1 amide bonds. The van der Waals surface area contributed by atoms with E-state index in [4.69, 9.17) is 11.5 Å². The molecule has 37 heavy (non-hydrogen) atoms. The Balaban J connectivity index is 1.61. The van der Waals surface area contributed by atoms with E-state index in [1.807, 2.05) is 30.3 Å². The number of para-hydroxylation sites is 1. The van der Waals surface area contributed by atoms with Gasteiger partial charge in [0.2, 0.25) is 15.9 Å². The first kappa shape index (κ1) is 26.9. The lowest BCUT2D eigenvalue weighted by atomic mass is 9.93. The van der Waals surface area contributed by atoms with Crippen LogP contribution in [0.2, 0.25) is 0 Å². The number of carbonyl (C=O) groups is 1. The van der Waals surface area contributed by atoms with Crippen LogP contribution in [-0.4, -0.2) is 62.1 Å². The fourth-order valence-corrected chi connectivity index (χ4v) is 6.54. The highest BCUT2D eigenvalue weighted by Crippen LogP contribution is 2.32. The number of sulfonamides is 1. The van der Waals surface area contributed by atoms with Crippen LogP contribution in [0.1, 0.15) is 36.5 Å². The monoisotopic (exact) mass is 528 g/mol. The van der Waals surface area contributed by atoms with Crippen LogP contribution in [0.3, 0.4) is 0 Å². The second kappa shape index (κ2) is 11.5. The molecule has 0 saturated carbocycles. The number of fused-ring (bicyclic) bond motifs is 2. The molecular formula is C26H36N6O4S. The molecule has 2 aromatic rings. The fraction of sp³-hybridized carbons (Fsp3) is 0.462. The Morgan fingerprint density at radius 1 is 1.16 bits per heavy atom. The molecule has 0 radical (unpaired) electrons. The van der Waals surface area contributed by atoms with Gasteiger partial charge >= 0.3 is 0 Å². The van der Waals surface area contributed by atoms with Crippen molar-refractivity contribution >= 4 is 27.6 Å². The number of nitrogens with one attached hydrogen (secondary N) is 2. The van der Waals surface area contributed by atoms with Crippen molar-refractivity contribution in [3.05, 3.63) is 59.2 Å². The predicted octanol–water partition coefficient (Wildman–Crippen LogP) is 0.937. The first-order valence-corrected chi connectivity index (χ1v) is 14.1. The van der Waals surface area contributed by atoms with Crippen LogP contribution in [0.4, 0.5) is 5.69 Å². The smallest absolute Gasteiger partial charge is 0.243 e. The van der Waals surface area contributed by atoms with Gasteiger partial charge in [0.15, 0.2) is 5.96 Å². The van der Waals surface area contributed by atoms with Crippen molar-refractivity contribution in [3.8, 4) is 0 Å². The number of guanidine groups is 1. The molecule has 0 spiro atoms. The standard InChI is InChI=1S/C26H36N6O4S/c1-17-12-19-8-4-10-23(24(19)30-14-17)37(35,36)31-22(9-5-11-29-26(27)28)25(34)32-15-20-7-3-2-6-18(20)13-21(32)16-33/h2-4,6-8,10,17,21-22,30-31,33H,5,9,11-16H2,1H3,(H4,27,28,29). The lowest BCUT2D eigenvalue weighted by molar-refractivity contribution is -0.137. The minimum atomic E-state index is -4.05. The number of anilines is 1. The van der Waals surface area contributed by atoms with Crippen LogP contribution in [0, 0.1) is 5.92 Å². The average Bonchev–Trinajstić information content (AvgIpc) is 2.88. The number of hydrogen-bond donors (Lipinski definition) is 5. The summed E-state index contributed by atoms with van der Waals surface area (Å²) in [7, 11) is -4.05. The van der Waals surface area contributed by atoms with Crippen molar-refractivity contribution < 1.29 is 18.3 Å². The second-order valence-corrected chi connectivity index (χ2v) is 11.6. The van der Waals surface area contributed by atoms with E-state index in [1.54, 1.807) is 17.0 Å². The minimum Gasteiger partial charge on any atom is -0.394 e. The van der Waals surface area contributed by atoms with Crippen LogP contribution in [0.15, 0.2) is 52.4 Å². The van der Waals surface area contributed by atoms with Crippen LogP contribution in [-0.2, 0) is 34.2 Å². The van der Waals surface area contributed by atoms with Crippen LogP contribution >= 0.6 is 0 Å². The van der Waals surface area contributed by atoms with Crippen molar-refractivity contribution in [2.75, 3.05) is 25.0 Å². The Morgan fingerprint density at radius 3 is 2.62 bits per heavy atom. The predicted molar refractivity (Wildman–Crippen MR) is 143 cm³/mol. The van der Waals surface area contributed by atoms with Crippen molar-refractivity contribution in [2.24, 2.45) is 22.4 Å². The van der Waals surface area contributed by atoms with Crippen LogP contribution < -0.4 is 21.5 Å². The van der Waals surface area contributed by atoms with E-state index in [0.717, 1.165) is 23.1 Å². The fourth-order valence-electron chi connectivity index (χ4n) is 5.09. The van der Waals surface area contributed by atoms with Gasteiger partial charge < -0.3 is 26.8 Å². The summed E-state index contributed by atoms with van der Waals surface area (Å²) < 4.78 is 29.9. The number of aliphatic imine (C=N–C) groups is 1. The summed E-state index contributed by atoms with van der Waals surface area (Å²) in [5.41, 5.74) is 14.4. The van der Waals surface area contributed by atoms with Gasteiger partial charge in [-0.05, 0) is 54.4 Å². The van der Waals surface area contributed by atoms with E-state index >= 15 is 0 Å². The summed E-state index contributed by atoms with van der Waals surface area (Å²) in [5.74, 6) is -0.0541. The summed E-state index contributed by atoms with van der Waals surface area (Å²) in [6, 6.07) is 11.5. The summed E-state index contributed by atoms with van der Waals surface area (Å²) >= 11 is 0. The molecule has 3 unspecified atom stereocenters. The molecule has 2 aliphatic heterocycles. The topological polar surface area (TPSA) is 163 Å². The Bertz CT molecular complexity index is 1260. The Morgan fingerprint density at radius 2 is 1.89 bits per heavy atom. The molecule has 11 heteroatoms. The number of nitrogens with two attached hydrogens (primary N) is 2. The summed E-state index contributed by atoms with van der Waals surface area (Å²) in [6.45, 7) is 3.12. The van der Waals surface area contributed by atoms with Gasteiger partial charge in [0, 0.05) is 19.6 Å². The molecule has 2 aliphatic rings. The Kier molecular flexibility index (Phi) is 8.35.